The molecule has 6 heteroatoms. The average molecular weight is 340 g/mol. The van der Waals surface area contributed by atoms with Crippen LogP contribution in [0.15, 0.2) is 28.7 Å². The maximum atomic E-state index is 12.0. The number of amides is 3. The first-order valence-corrected chi connectivity index (χ1v) is 7.45. The van der Waals surface area contributed by atoms with E-state index in [1.54, 1.807) is 9.80 Å². The van der Waals surface area contributed by atoms with Crippen molar-refractivity contribution in [1.29, 1.82) is 0 Å². The second kappa shape index (κ2) is 7.28. The maximum absolute atomic E-state index is 12.0. The number of carbonyl (C=O) groups is 2. The quantitative estimate of drug-likeness (QED) is 0.844. The minimum absolute atomic E-state index is 0.0531. The summed E-state index contributed by atoms with van der Waals surface area (Å²) >= 11 is 3.49. The fourth-order valence-corrected chi connectivity index (χ4v) is 2.63. The molecule has 1 aromatic rings. The molecule has 0 spiro atoms. The van der Waals surface area contributed by atoms with E-state index in [0.717, 1.165) is 17.3 Å². The van der Waals surface area contributed by atoms with Crippen LogP contribution in [0, 0.1) is 0 Å². The van der Waals surface area contributed by atoms with Gasteiger partial charge in [0.15, 0.2) is 0 Å². The summed E-state index contributed by atoms with van der Waals surface area (Å²) in [5.74, 6) is 0. The summed E-state index contributed by atoms with van der Waals surface area (Å²) in [6.45, 7) is 3.02. The Morgan fingerprint density at radius 3 is 2.60 bits per heavy atom. The Hall–Kier alpha value is -1.56. The van der Waals surface area contributed by atoms with Gasteiger partial charge in [0.2, 0.25) is 6.41 Å². The molecule has 0 atom stereocenters. The molecule has 0 unspecified atom stereocenters. The Labute approximate surface area is 127 Å². The molecule has 1 aliphatic rings. The Bertz CT molecular complexity index is 473. The molecule has 0 aromatic heterocycles. The lowest BCUT2D eigenvalue weighted by molar-refractivity contribution is -0.119. The van der Waals surface area contributed by atoms with Gasteiger partial charge in [-0.05, 0) is 18.1 Å². The zero-order valence-corrected chi connectivity index (χ0v) is 12.8. The van der Waals surface area contributed by atoms with E-state index in [-0.39, 0.29) is 6.03 Å². The van der Waals surface area contributed by atoms with Crippen LogP contribution in [0.3, 0.4) is 0 Å². The van der Waals surface area contributed by atoms with Crippen molar-refractivity contribution in [3.05, 3.63) is 34.3 Å². The van der Waals surface area contributed by atoms with Crippen molar-refractivity contribution in [2.75, 3.05) is 32.7 Å². The normalized spacial score (nSPS) is 15.1. The lowest BCUT2D eigenvalue weighted by Gasteiger charge is -2.32. The zero-order valence-electron chi connectivity index (χ0n) is 11.2. The summed E-state index contributed by atoms with van der Waals surface area (Å²) in [5, 5.41) is 2.92. The molecule has 108 valence electrons. The summed E-state index contributed by atoms with van der Waals surface area (Å²) in [6.07, 6.45) is 1.63. The van der Waals surface area contributed by atoms with E-state index >= 15 is 0 Å². The number of carbonyl (C=O) groups excluding carboxylic acids is 2. The van der Waals surface area contributed by atoms with Crippen molar-refractivity contribution in [3.8, 4) is 0 Å². The van der Waals surface area contributed by atoms with Gasteiger partial charge in [-0.1, -0.05) is 34.1 Å². The molecule has 0 aliphatic carbocycles. The number of piperazine rings is 1. The van der Waals surface area contributed by atoms with Crippen LogP contribution in [0.4, 0.5) is 4.79 Å². The summed E-state index contributed by atoms with van der Waals surface area (Å²) in [5.41, 5.74) is 1.18. The third kappa shape index (κ3) is 3.96. The van der Waals surface area contributed by atoms with E-state index in [4.69, 9.17) is 0 Å². The average Bonchev–Trinajstić information content (AvgIpc) is 2.49. The van der Waals surface area contributed by atoms with Crippen molar-refractivity contribution in [2.45, 2.75) is 6.42 Å². The lowest BCUT2D eigenvalue weighted by atomic mass is 10.1. The van der Waals surface area contributed by atoms with Crippen molar-refractivity contribution >= 4 is 28.4 Å². The highest BCUT2D eigenvalue weighted by atomic mass is 79.9. The minimum Gasteiger partial charge on any atom is -0.342 e. The summed E-state index contributed by atoms with van der Waals surface area (Å²) in [4.78, 5) is 26.0. The molecular formula is C14H18BrN3O2. The number of benzene rings is 1. The van der Waals surface area contributed by atoms with Gasteiger partial charge in [0, 0.05) is 37.2 Å². The molecule has 3 amide bonds. The van der Waals surface area contributed by atoms with E-state index in [2.05, 4.69) is 21.2 Å². The molecule has 2 rings (SSSR count). The highest BCUT2D eigenvalue weighted by molar-refractivity contribution is 9.10. The molecule has 1 aromatic carbocycles. The Morgan fingerprint density at radius 1 is 1.25 bits per heavy atom. The van der Waals surface area contributed by atoms with Crippen molar-refractivity contribution in [2.24, 2.45) is 0 Å². The van der Waals surface area contributed by atoms with Gasteiger partial charge in [-0.2, -0.15) is 0 Å². The van der Waals surface area contributed by atoms with Crippen LogP contribution in [0.1, 0.15) is 5.56 Å². The number of nitrogens with zero attached hydrogens (tertiary/aromatic N) is 2. The predicted molar refractivity (Wildman–Crippen MR) is 80.5 cm³/mol. The predicted octanol–water partition coefficient (Wildman–Crippen LogP) is 1.48. The van der Waals surface area contributed by atoms with E-state index < -0.39 is 0 Å². The lowest BCUT2D eigenvalue weighted by Crippen LogP contribution is -2.51. The second-order valence-corrected chi connectivity index (χ2v) is 5.56. The molecule has 0 saturated carbocycles. The highest BCUT2D eigenvalue weighted by Gasteiger charge is 2.19. The maximum Gasteiger partial charge on any atom is 0.317 e. The van der Waals surface area contributed by atoms with Gasteiger partial charge in [0.25, 0.3) is 0 Å². The van der Waals surface area contributed by atoms with Crippen LogP contribution in [-0.2, 0) is 11.2 Å². The number of hydrogen-bond donors (Lipinski definition) is 1. The first-order chi connectivity index (χ1) is 9.70. The second-order valence-electron chi connectivity index (χ2n) is 4.70. The minimum atomic E-state index is -0.0531. The SMILES string of the molecule is O=CN1CCN(C(=O)NCCc2ccccc2Br)CC1. The Morgan fingerprint density at radius 2 is 1.95 bits per heavy atom. The van der Waals surface area contributed by atoms with Crippen molar-refractivity contribution < 1.29 is 9.59 Å². The summed E-state index contributed by atoms with van der Waals surface area (Å²) in [6, 6.07) is 7.94. The van der Waals surface area contributed by atoms with Gasteiger partial charge in [0.1, 0.15) is 0 Å². The molecule has 1 aliphatic heterocycles. The van der Waals surface area contributed by atoms with Gasteiger partial charge in [-0.3, -0.25) is 4.79 Å². The number of urea groups is 1. The van der Waals surface area contributed by atoms with Gasteiger partial charge in [-0.25, -0.2) is 4.79 Å². The zero-order chi connectivity index (χ0) is 14.4. The summed E-state index contributed by atoms with van der Waals surface area (Å²) < 4.78 is 1.06. The highest BCUT2D eigenvalue weighted by Crippen LogP contribution is 2.15. The molecule has 0 radical (unpaired) electrons. The van der Waals surface area contributed by atoms with E-state index in [9.17, 15) is 9.59 Å². The smallest absolute Gasteiger partial charge is 0.317 e. The Kier molecular flexibility index (Phi) is 5.40. The number of nitrogens with one attached hydrogen (secondary N) is 1. The standard InChI is InChI=1S/C14H18BrN3O2/c15-13-4-2-1-3-12(13)5-6-16-14(20)18-9-7-17(11-19)8-10-18/h1-4,11H,5-10H2,(H,16,20). The monoisotopic (exact) mass is 339 g/mol. The summed E-state index contributed by atoms with van der Waals surface area (Å²) in [7, 11) is 0. The topological polar surface area (TPSA) is 52.7 Å². The van der Waals surface area contributed by atoms with Crippen LogP contribution in [0.2, 0.25) is 0 Å². The first-order valence-electron chi connectivity index (χ1n) is 6.66. The number of halogens is 1. The van der Waals surface area contributed by atoms with E-state index in [1.165, 1.54) is 5.56 Å². The molecule has 1 N–H and O–H groups in total. The van der Waals surface area contributed by atoms with E-state index in [0.29, 0.717) is 32.7 Å². The first kappa shape index (κ1) is 14.8. The van der Waals surface area contributed by atoms with Gasteiger partial charge < -0.3 is 15.1 Å². The van der Waals surface area contributed by atoms with Crippen LogP contribution < -0.4 is 5.32 Å². The van der Waals surface area contributed by atoms with Crippen molar-refractivity contribution in [3.63, 3.8) is 0 Å². The molecule has 1 fully saturated rings. The fourth-order valence-electron chi connectivity index (χ4n) is 2.15. The van der Waals surface area contributed by atoms with E-state index in [1.807, 2.05) is 24.3 Å². The number of hydrogen-bond acceptors (Lipinski definition) is 2. The third-order valence-corrected chi connectivity index (χ3v) is 4.15. The largest absolute Gasteiger partial charge is 0.342 e. The molecule has 5 nitrogen and oxygen atoms in total. The van der Waals surface area contributed by atoms with Crippen LogP contribution >= 0.6 is 15.9 Å². The molecule has 20 heavy (non-hydrogen) atoms. The number of rotatable bonds is 4. The van der Waals surface area contributed by atoms with Gasteiger partial charge in [0.05, 0.1) is 0 Å². The van der Waals surface area contributed by atoms with Crippen LogP contribution in [0.5, 0.6) is 0 Å². The fraction of sp³-hybridized carbons (Fsp3) is 0.429. The van der Waals surface area contributed by atoms with Crippen LogP contribution in [-0.4, -0.2) is 55.0 Å². The molecule has 1 saturated heterocycles. The third-order valence-electron chi connectivity index (χ3n) is 3.38. The van der Waals surface area contributed by atoms with Crippen LogP contribution in [0.25, 0.3) is 0 Å². The molecular weight excluding hydrogens is 322 g/mol. The Balaban J connectivity index is 1.73. The molecule has 0 bridgehead atoms. The van der Waals surface area contributed by atoms with Gasteiger partial charge >= 0.3 is 6.03 Å². The van der Waals surface area contributed by atoms with Crippen molar-refractivity contribution in [1.82, 2.24) is 15.1 Å². The molecule has 1 heterocycles. The van der Waals surface area contributed by atoms with Gasteiger partial charge in [-0.15, -0.1) is 0 Å².